The standard InChI is InChI=1S/C16H9ClFN3/c17-12-7-9(5-6-13(12)18)15-10-3-1-2-4-14(10)21-16(20)11(15)8-19/h1-7H,(H2,20,21). The zero-order valence-corrected chi connectivity index (χ0v) is 11.5. The minimum Gasteiger partial charge on any atom is -0.383 e. The highest BCUT2D eigenvalue weighted by atomic mass is 35.5. The highest BCUT2D eigenvalue weighted by molar-refractivity contribution is 6.31. The maximum atomic E-state index is 13.4. The highest BCUT2D eigenvalue weighted by Gasteiger charge is 2.15. The number of aromatic nitrogens is 1. The van der Waals surface area contributed by atoms with Crippen molar-refractivity contribution in [1.82, 2.24) is 4.98 Å². The fraction of sp³-hybridized carbons (Fsp3) is 0. The fourth-order valence-electron chi connectivity index (χ4n) is 2.30. The number of nitrogens with zero attached hydrogens (tertiary/aromatic N) is 2. The second-order valence-corrected chi connectivity index (χ2v) is 4.91. The van der Waals surface area contributed by atoms with Crippen LogP contribution >= 0.6 is 11.6 Å². The second-order valence-electron chi connectivity index (χ2n) is 4.50. The number of hydrogen-bond acceptors (Lipinski definition) is 3. The molecule has 2 aromatic carbocycles. The molecule has 0 amide bonds. The van der Waals surface area contributed by atoms with E-state index in [1.165, 1.54) is 12.1 Å². The Hall–Kier alpha value is -2.64. The topological polar surface area (TPSA) is 62.7 Å². The van der Waals surface area contributed by atoms with Gasteiger partial charge in [0.25, 0.3) is 0 Å². The first-order chi connectivity index (χ1) is 10.1. The summed E-state index contributed by atoms with van der Waals surface area (Å²) >= 11 is 5.85. The predicted octanol–water partition coefficient (Wildman–Crippen LogP) is 4.15. The van der Waals surface area contributed by atoms with Gasteiger partial charge in [-0.2, -0.15) is 5.26 Å². The molecule has 3 aromatic rings. The van der Waals surface area contributed by atoms with Gasteiger partial charge in [-0.1, -0.05) is 35.9 Å². The normalized spacial score (nSPS) is 10.5. The minimum absolute atomic E-state index is 0.00384. The first-order valence-electron chi connectivity index (χ1n) is 6.15. The third-order valence-electron chi connectivity index (χ3n) is 3.24. The summed E-state index contributed by atoms with van der Waals surface area (Å²) in [5.74, 6) is -0.364. The van der Waals surface area contributed by atoms with Gasteiger partial charge in [-0.15, -0.1) is 0 Å². The van der Waals surface area contributed by atoms with Crippen molar-refractivity contribution in [2.75, 3.05) is 5.73 Å². The lowest BCUT2D eigenvalue weighted by Crippen LogP contribution is -1.99. The molecule has 0 saturated carbocycles. The molecule has 0 spiro atoms. The van der Waals surface area contributed by atoms with E-state index in [4.69, 9.17) is 17.3 Å². The van der Waals surface area contributed by atoms with Crippen LogP contribution in [-0.4, -0.2) is 4.98 Å². The molecule has 1 heterocycles. The number of benzene rings is 2. The van der Waals surface area contributed by atoms with E-state index in [1.54, 1.807) is 6.07 Å². The lowest BCUT2D eigenvalue weighted by Gasteiger charge is -2.11. The van der Waals surface area contributed by atoms with Crippen LogP contribution in [-0.2, 0) is 0 Å². The third kappa shape index (κ3) is 2.18. The SMILES string of the molecule is N#Cc1c(N)nc2ccccc2c1-c1ccc(F)c(Cl)c1. The van der Waals surface area contributed by atoms with E-state index in [2.05, 4.69) is 11.1 Å². The Morgan fingerprint density at radius 2 is 1.95 bits per heavy atom. The van der Waals surface area contributed by atoms with Crippen LogP contribution in [0.15, 0.2) is 42.5 Å². The van der Waals surface area contributed by atoms with E-state index in [-0.39, 0.29) is 16.4 Å². The number of pyridine rings is 1. The summed E-state index contributed by atoms with van der Waals surface area (Å²) in [6, 6.07) is 13.7. The molecule has 102 valence electrons. The van der Waals surface area contributed by atoms with Gasteiger partial charge in [0, 0.05) is 10.9 Å². The first-order valence-corrected chi connectivity index (χ1v) is 6.53. The number of fused-ring (bicyclic) bond motifs is 1. The van der Waals surface area contributed by atoms with E-state index in [1.807, 2.05) is 24.3 Å². The summed E-state index contributed by atoms with van der Waals surface area (Å²) in [6.45, 7) is 0. The van der Waals surface area contributed by atoms with Crippen LogP contribution in [0, 0.1) is 17.1 Å². The van der Waals surface area contributed by atoms with Gasteiger partial charge in [0.2, 0.25) is 0 Å². The minimum atomic E-state index is -0.509. The van der Waals surface area contributed by atoms with Crippen molar-refractivity contribution >= 4 is 28.3 Å². The van der Waals surface area contributed by atoms with Gasteiger partial charge in [-0.25, -0.2) is 9.37 Å². The van der Waals surface area contributed by atoms with Crippen molar-refractivity contribution in [2.45, 2.75) is 0 Å². The van der Waals surface area contributed by atoms with Crippen molar-refractivity contribution < 1.29 is 4.39 Å². The lowest BCUT2D eigenvalue weighted by molar-refractivity contribution is 0.628. The van der Waals surface area contributed by atoms with Crippen molar-refractivity contribution in [3.63, 3.8) is 0 Å². The quantitative estimate of drug-likeness (QED) is 0.734. The monoisotopic (exact) mass is 297 g/mol. The zero-order chi connectivity index (χ0) is 15.0. The Bertz CT molecular complexity index is 900. The number of hydrogen-bond donors (Lipinski definition) is 1. The average molecular weight is 298 g/mol. The molecular formula is C16H9ClFN3. The number of rotatable bonds is 1. The lowest BCUT2D eigenvalue weighted by atomic mass is 9.96. The molecule has 0 aliphatic rings. The molecule has 21 heavy (non-hydrogen) atoms. The van der Waals surface area contributed by atoms with E-state index < -0.39 is 5.82 Å². The van der Waals surface area contributed by atoms with E-state index in [0.29, 0.717) is 16.6 Å². The number of nitrogen functional groups attached to an aromatic ring is 1. The van der Waals surface area contributed by atoms with Crippen molar-refractivity contribution in [1.29, 1.82) is 5.26 Å². The Balaban J connectivity index is 2.44. The predicted molar refractivity (Wildman–Crippen MR) is 81.3 cm³/mol. The van der Waals surface area contributed by atoms with Crippen LogP contribution < -0.4 is 5.73 Å². The number of nitrogens with two attached hydrogens (primary N) is 1. The van der Waals surface area contributed by atoms with Crippen molar-refractivity contribution in [3.05, 3.63) is 58.9 Å². The Kier molecular flexibility index (Phi) is 3.20. The van der Waals surface area contributed by atoms with Gasteiger partial charge >= 0.3 is 0 Å². The molecule has 1 aromatic heterocycles. The third-order valence-corrected chi connectivity index (χ3v) is 3.53. The zero-order valence-electron chi connectivity index (χ0n) is 10.8. The molecule has 0 saturated heterocycles. The van der Waals surface area contributed by atoms with Gasteiger partial charge in [-0.05, 0) is 23.8 Å². The number of anilines is 1. The molecule has 0 atom stereocenters. The molecule has 0 radical (unpaired) electrons. The maximum absolute atomic E-state index is 13.4. The molecule has 0 bridgehead atoms. The molecule has 3 nitrogen and oxygen atoms in total. The Morgan fingerprint density at radius 3 is 2.67 bits per heavy atom. The van der Waals surface area contributed by atoms with Crippen molar-refractivity contribution in [2.24, 2.45) is 0 Å². The summed E-state index contributed by atoms with van der Waals surface area (Å²) in [5.41, 5.74) is 8.04. The van der Waals surface area contributed by atoms with E-state index in [0.717, 1.165) is 5.39 Å². The highest BCUT2D eigenvalue weighted by Crippen LogP contribution is 2.35. The van der Waals surface area contributed by atoms with Crippen molar-refractivity contribution in [3.8, 4) is 17.2 Å². The van der Waals surface area contributed by atoms with Crippen LogP contribution in [0.25, 0.3) is 22.0 Å². The van der Waals surface area contributed by atoms with E-state index >= 15 is 0 Å². The Morgan fingerprint density at radius 1 is 1.19 bits per heavy atom. The maximum Gasteiger partial charge on any atom is 0.142 e. The molecule has 5 heteroatoms. The first kappa shape index (κ1) is 13.3. The molecule has 0 aliphatic heterocycles. The largest absolute Gasteiger partial charge is 0.383 e. The molecular weight excluding hydrogens is 289 g/mol. The summed E-state index contributed by atoms with van der Waals surface area (Å²) in [6.07, 6.45) is 0. The van der Waals surface area contributed by atoms with Gasteiger partial charge < -0.3 is 5.73 Å². The Labute approximate surface area is 125 Å². The molecule has 2 N–H and O–H groups in total. The van der Waals surface area contributed by atoms with Gasteiger partial charge in [-0.3, -0.25) is 0 Å². The summed E-state index contributed by atoms with van der Waals surface area (Å²) < 4.78 is 13.4. The summed E-state index contributed by atoms with van der Waals surface area (Å²) in [7, 11) is 0. The van der Waals surface area contributed by atoms with Crippen LogP contribution in [0.4, 0.5) is 10.2 Å². The molecule has 0 aliphatic carbocycles. The van der Waals surface area contributed by atoms with Crippen LogP contribution in [0.2, 0.25) is 5.02 Å². The number of para-hydroxylation sites is 1. The smallest absolute Gasteiger partial charge is 0.142 e. The number of halogens is 2. The summed E-state index contributed by atoms with van der Waals surface area (Å²) in [4.78, 5) is 4.22. The van der Waals surface area contributed by atoms with Crippen LogP contribution in [0.3, 0.4) is 0 Å². The molecule has 3 rings (SSSR count). The van der Waals surface area contributed by atoms with Crippen LogP contribution in [0.1, 0.15) is 5.56 Å². The molecule has 0 unspecified atom stereocenters. The van der Waals surface area contributed by atoms with Gasteiger partial charge in [0.05, 0.1) is 10.5 Å². The van der Waals surface area contributed by atoms with Gasteiger partial charge in [0.15, 0.2) is 0 Å². The second kappa shape index (κ2) is 5.04. The van der Waals surface area contributed by atoms with E-state index in [9.17, 15) is 9.65 Å². The fourth-order valence-corrected chi connectivity index (χ4v) is 2.48. The average Bonchev–Trinajstić information content (AvgIpc) is 2.48. The number of nitriles is 1. The summed E-state index contributed by atoms with van der Waals surface area (Å²) in [5, 5.41) is 10.1. The van der Waals surface area contributed by atoms with Crippen LogP contribution in [0.5, 0.6) is 0 Å². The van der Waals surface area contributed by atoms with Gasteiger partial charge in [0.1, 0.15) is 23.3 Å². The molecule has 0 fully saturated rings.